The van der Waals surface area contributed by atoms with E-state index < -0.39 is 0 Å². The molecular formula is C30H62O. The lowest BCUT2D eigenvalue weighted by Gasteiger charge is -2.29. The van der Waals surface area contributed by atoms with Crippen LogP contribution in [0.25, 0.3) is 0 Å². The molecule has 0 rings (SSSR count). The van der Waals surface area contributed by atoms with Crippen LogP contribution < -0.4 is 0 Å². The van der Waals surface area contributed by atoms with Crippen molar-refractivity contribution in [3.63, 3.8) is 0 Å². The molecule has 0 aromatic carbocycles. The Kier molecular flexibility index (Phi) is 24.6. The van der Waals surface area contributed by atoms with Gasteiger partial charge in [0, 0.05) is 0 Å². The summed E-state index contributed by atoms with van der Waals surface area (Å²) >= 11 is 0. The Labute approximate surface area is 198 Å². The third-order valence-corrected chi connectivity index (χ3v) is 7.24. The van der Waals surface area contributed by atoms with Gasteiger partial charge >= 0.3 is 0 Å². The van der Waals surface area contributed by atoms with Crippen molar-refractivity contribution >= 4 is 0 Å². The molecule has 1 N–H and O–H groups in total. The third kappa shape index (κ3) is 22.9. The summed E-state index contributed by atoms with van der Waals surface area (Å²) in [5, 5.41) is 11.4. The zero-order valence-electron chi connectivity index (χ0n) is 22.3. The molecular weight excluding hydrogens is 376 g/mol. The van der Waals surface area contributed by atoms with E-state index in [1.165, 1.54) is 148 Å². The van der Waals surface area contributed by atoms with E-state index in [0.29, 0.717) is 0 Å². The molecule has 0 saturated carbocycles. The second kappa shape index (κ2) is 24.6. The van der Waals surface area contributed by atoms with E-state index in [2.05, 4.69) is 20.8 Å². The lowest BCUT2D eigenvalue weighted by Crippen LogP contribution is -2.28. The first-order valence-corrected chi connectivity index (χ1v) is 14.9. The van der Waals surface area contributed by atoms with E-state index in [1.54, 1.807) is 0 Å². The maximum absolute atomic E-state index is 11.4. The van der Waals surface area contributed by atoms with Gasteiger partial charge < -0.3 is 5.11 Å². The summed E-state index contributed by atoms with van der Waals surface area (Å²) in [7, 11) is 0. The van der Waals surface area contributed by atoms with Crippen molar-refractivity contribution in [3.8, 4) is 0 Å². The van der Waals surface area contributed by atoms with E-state index in [4.69, 9.17) is 0 Å². The van der Waals surface area contributed by atoms with Crippen LogP contribution >= 0.6 is 0 Å². The first kappa shape index (κ1) is 31.0. The highest BCUT2D eigenvalue weighted by Gasteiger charge is 2.25. The molecule has 0 atom stereocenters. The molecule has 0 aromatic rings. The highest BCUT2D eigenvalue weighted by atomic mass is 16.3. The summed E-state index contributed by atoms with van der Waals surface area (Å²) in [5.74, 6) is 0. The lowest BCUT2D eigenvalue weighted by molar-refractivity contribution is 0.00704. The Morgan fingerprint density at radius 1 is 0.323 bits per heavy atom. The first-order valence-electron chi connectivity index (χ1n) is 14.9. The van der Waals surface area contributed by atoms with Crippen LogP contribution in [0.4, 0.5) is 0 Å². The Hall–Kier alpha value is -0.0400. The Morgan fingerprint density at radius 2 is 0.516 bits per heavy atom. The predicted octanol–water partition coefficient (Wildman–Crippen LogP) is 10.9. The van der Waals surface area contributed by atoms with Crippen LogP contribution in [-0.2, 0) is 0 Å². The highest BCUT2D eigenvalue weighted by molar-refractivity contribution is 4.78. The zero-order valence-corrected chi connectivity index (χ0v) is 22.3. The van der Waals surface area contributed by atoms with E-state index in [1.807, 2.05) is 0 Å². The van der Waals surface area contributed by atoms with Gasteiger partial charge in [-0.1, -0.05) is 168 Å². The van der Waals surface area contributed by atoms with Gasteiger partial charge in [-0.3, -0.25) is 0 Å². The summed E-state index contributed by atoms with van der Waals surface area (Å²) in [5.41, 5.74) is -0.367. The minimum Gasteiger partial charge on any atom is -0.390 e. The van der Waals surface area contributed by atoms with E-state index in [0.717, 1.165) is 19.3 Å². The number of aliphatic hydroxyl groups is 1. The normalized spacial score (nSPS) is 12.0. The molecule has 0 saturated heterocycles. The molecule has 31 heavy (non-hydrogen) atoms. The summed E-state index contributed by atoms with van der Waals surface area (Å²) < 4.78 is 0. The van der Waals surface area contributed by atoms with E-state index >= 15 is 0 Å². The molecule has 1 nitrogen and oxygen atoms in total. The summed E-state index contributed by atoms with van der Waals surface area (Å²) in [6.07, 6.45) is 34.4. The molecule has 0 spiro atoms. The molecule has 0 radical (unpaired) electrons. The molecule has 0 heterocycles. The van der Waals surface area contributed by atoms with Crippen molar-refractivity contribution in [1.82, 2.24) is 0 Å². The fourth-order valence-electron chi connectivity index (χ4n) is 4.96. The molecule has 1 heteroatoms. The van der Waals surface area contributed by atoms with Gasteiger partial charge in [-0.05, 0) is 19.3 Å². The smallest absolute Gasteiger partial charge is 0.0647 e. The maximum atomic E-state index is 11.4. The van der Waals surface area contributed by atoms with E-state index in [9.17, 15) is 5.11 Å². The van der Waals surface area contributed by atoms with Gasteiger partial charge in [0.1, 0.15) is 0 Å². The van der Waals surface area contributed by atoms with Crippen LogP contribution in [-0.4, -0.2) is 10.7 Å². The van der Waals surface area contributed by atoms with Crippen molar-refractivity contribution in [3.05, 3.63) is 0 Å². The average molecular weight is 439 g/mol. The van der Waals surface area contributed by atoms with Crippen molar-refractivity contribution in [1.29, 1.82) is 0 Å². The van der Waals surface area contributed by atoms with Gasteiger partial charge in [0.15, 0.2) is 0 Å². The summed E-state index contributed by atoms with van der Waals surface area (Å²) in [6, 6.07) is 0. The lowest BCUT2D eigenvalue weighted by atomic mass is 9.85. The number of hydrogen-bond acceptors (Lipinski definition) is 1. The van der Waals surface area contributed by atoms with Gasteiger partial charge in [-0.15, -0.1) is 0 Å². The maximum Gasteiger partial charge on any atom is 0.0647 e. The third-order valence-electron chi connectivity index (χ3n) is 7.24. The van der Waals surface area contributed by atoms with Crippen LogP contribution in [0, 0.1) is 0 Å². The minimum absolute atomic E-state index is 0.367. The molecule has 0 fully saturated rings. The van der Waals surface area contributed by atoms with Crippen molar-refractivity contribution in [2.45, 2.75) is 193 Å². The Bertz CT molecular complexity index is 304. The molecule has 0 amide bonds. The largest absolute Gasteiger partial charge is 0.390 e. The molecule has 0 aromatic heterocycles. The second-order valence-electron chi connectivity index (χ2n) is 10.5. The van der Waals surface area contributed by atoms with Crippen LogP contribution in [0.15, 0.2) is 0 Å². The predicted molar refractivity (Wildman–Crippen MR) is 142 cm³/mol. The van der Waals surface area contributed by atoms with Crippen LogP contribution in [0.1, 0.15) is 188 Å². The number of hydrogen-bond donors (Lipinski definition) is 1. The molecule has 188 valence electrons. The Morgan fingerprint density at radius 3 is 0.742 bits per heavy atom. The monoisotopic (exact) mass is 438 g/mol. The van der Waals surface area contributed by atoms with E-state index in [-0.39, 0.29) is 5.60 Å². The SMILES string of the molecule is CCCCCCCCCCC(O)(CCCCCCCCC)CCCCCCCCCC. The standard InChI is InChI=1S/C30H62O/c1-4-7-10-13-16-19-22-25-28-30(31,27-24-21-18-15-12-9-6-3)29-26-23-20-17-14-11-8-5-2/h31H,4-29H2,1-3H3. The fourth-order valence-corrected chi connectivity index (χ4v) is 4.96. The van der Waals surface area contributed by atoms with Crippen molar-refractivity contribution in [2.24, 2.45) is 0 Å². The molecule has 0 bridgehead atoms. The van der Waals surface area contributed by atoms with Gasteiger partial charge in [0.2, 0.25) is 0 Å². The zero-order chi connectivity index (χ0) is 22.9. The molecule has 0 aliphatic carbocycles. The van der Waals surface area contributed by atoms with Gasteiger partial charge in [-0.25, -0.2) is 0 Å². The topological polar surface area (TPSA) is 20.2 Å². The van der Waals surface area contributed by atoms with Crippen LogP contribution in [0.5, 0.6) is 0 Å². The summed E-state index contributed by atoms with van der Waals surface area (Å²) in [6.45, 7) is 6.87. The first-order chi connectivity index (χ1) is 15.2. The van der Waals surface area contributed by atoms with Crippen molar-refractivity contribution < 1.29 is 5.11 Å². The Balaban J connectivity index is 4.04. The second-order valence-corrected chi connectivity index (χ2v) is 10.5. The van der Waals surface area contributed by atoms with Crippen LogP contribution in [0.2, 0.25) is 0 Å². The molecule has 0 unspecified atom stereocenters. The summed E-state index contributed by atoms with van der Waals surface area (Å²) in [4.78, 5) is 0. The fraction of sp³-hybridized carbons (Fsp3) is 1.00. The average Bonchev–Trinajstić information content (AvgIpc) is 2.77. The number of rotatable bonds is 26. The molecule has 0 aliphatic heterocycles. The van der Waals surface area contributed by atoms with Crippen LogP contribution in [0.3, 0.4) is 0 Å². The van der Waals surface area contributed by atoms with Gasteiger partial charge in [0.25, 0.3) is 0 Å². The van der Waals surface area contributed by atoms with Crippen molar-refractivity contribution in [2.75, 3.05) is 0 Å². The number of unbranched alkanes of at least 4 members (excludes halogenated alkanes) is 20. The highest BCUT2D eigenvalue weighted by Crippen LogP contribution is 2.29. The van der Waals surface area contributed by atoms with Gasteiger partial charge in [-0.2, -0.15) is 0 Å². The van der Waals surface area contributed by atoms with Gasteiger partial charge in [0.05, 0.1) is 5.60 Å². The minimum atomic E-state index is -0.367. The quantitative estimate of drug-likeness (QED) is 0.133. The molecule has 0 aliphatic rings.